The molecule has 1 unspecified atom stereocenters. The van der Waals surface area contributed by atoms with Crippen molar-refractivity contribution in [2.24, 2.45) is 5.92 Å². The molecule has 0 aromatic carbocycles. The van der Waals surface area contributed by atoms with Crippen LogP contribution in [-0.2, 0) is 0 Å². The fourth-order valence-corrected chi connectivity index (χ4v) is 2.37. The van der Waals surface area contributed by atoms with Crippen molar-refractivity contribution in [3.8, 4) is 0 Å². The maximum absolute atomic E-state index is 13.7. The van der Waals surface area contributed by atoms with Gasteiger partial charge in [-0.15, -0.1) is 0 Å². The van der Waals surface area contributed by atoms with Crippen LogP contribution in [-0.4, -0.2) is 29.8 Å². The van der Waals surface area contributed by atoms with E-state index < -0.39 is 11.6 Å². The predicted octanol–water partition coefficient (Wildman–Crippen LogP) is 1.54. The smallest absolute Gasteiger partial charge is 0.168 e. The van der Waals surface area contributed by atoms with Crippen molar-refractivity contribution in [3.63, 3.8) is 0 Å². The molecule has 1 atom stereocenters. The van der Waals surface area contributed by atoms with E-state index >= 15 is 0 Å². The Morgan fingerprint density at radius 3 is 2.94 bits per heavy atom. The molecular formula is C12H17F2N3O. The normalized spacial score (nSPS) is 20.2. The zero-order valence-corrected chi connectivity index (χ0v) is 10.1. The molecule has 100 valence electrons. The number of anilines is 2. The number of nitrogens with two attached hydrogens (primary N) is 1. The van der Waals surface area contributed by atoms with E-state index in [0.717, 1.165) is 18.9 Å². The maximum atomic E-state index is 13.7. The average molecular weight is 257 g/mol. The number of aliphatic hydroxyl groups is 1. The third kappa shape index (κ3) is 2.69. The second-order valence-electron chi connectivity index (χ2n) is 4.63. The van der Waals surface area contributed by atoms with Gasteiger partial charge in [-0.1, -0.05) is 0 Å². The number of nitrogens with zero attached hydrogens (tertiary/aromatic N) is 2. The Kier molecular flexibility index (Phi) is 3.96. The molecule has 1 fully saturated rings. The molecule has 4 nitrogen and oxygen atoms in total. The number of nitrogen functional groups attached to an aromatic ring is 1. The summed E-state index contributed by atoms with van der Waals surface area (Å²) in [6.45, 7) is 1.42. The monoisotopic (exact) mass is 257 g/mol. The molecule has 0 spiro atoms. The van der Waals surface area contributed by atoms with Gasteiger partial charge in [0, 0.05) is 25.8 Å². The molecule has 3 N–H and O–H groups in total. The fraction of sp³-hybridized carbons (Fsp3) is 0.583. The molecule has 0 amide bonds. The zero-order valence-electron chi connectivity index (χ0n) is 10.1. The molecule has 1 aromatic heterocycles. The first-order chi connectivity index (χ1) is 8.61. The standard InChI is InChI=1S/C12H17F2N3O/c13-9-6-10(14)12(16-11(9)15)17-4-1-2-8(7-17)3-5-18/h6,8,18H,1-5,7H2,(H2,15,16). The molecule has 0 aliphatic carbocycles. The van der Waals surface area contributed by atoms with Gasteiger partial charge >= 0.3 is 0 Å². The SMILES string of the molecule is Nc1nc(N2CCCC(CCO)C2)c(F)cc1F. The van der Waals surface area contributed by atoms with E-state index in [1.165, 1.54) is 0 Å². The Balaban J connectivity index is 2.18. The summed E-state index contributed by atoms with van der Waals surface area (Å²) in [6.07, 6.45) is 2.60. The van der Waals surface area contributed by atoms with Gasteiger partial charge in [-0.25, -0.2) is 13.8 Å². The van der Waals surface area contributed by atoms with Crippen molar-refractivity contribution in [3.05, 3.63) is 17.7 Å². The van der Waals surface area contributed by atoms with Crippen LogP contribution in [0.4, 0.5) is 20.4 Å². The number of aromatic nitrogens is 1. The van der Waals surface area contributed by atoms with Gasteiger partial charge in [0.2, 0.25) is 0 Å². The summed E-state index contributed by atoms with van der Waals surface area (Å²) in [5.74, 6) is -1.38. The van der Waals surface area contributed by atoms with Gasteiger partial charge in [0.1, 0.15) is 0 Å². The number of hydrogen-bond donors (Lipinski definition) is 2. The molecule has 6 heteroatoms. The van der Waals surface area contributed by atoms with Crippen molar-refractivity contribution >= 4 is 11.6 Å². The first kappa shape index (κ1) is 13.0. The summed E-state index contributed by atoms with van der Waals surface area (Å²) in [6, 6.07) is 0.771. The van der Waals surface area contributed by atoms with Crippen LogP contribution in [0.1, 0.15) is 19.3 Å². The molecule has 1 aromatic rings. The van der Waals surface area contributed by atoms with Gasteiger partial charge in [0.05, 0.1) is 0 Å². The quantitative estimate of drug-likeness (QED) is 0.862. The minimum atomic E-state index is -0.833. The summed E-state index contributed by atoms with van der Waals surface area (Å²) in [7, 11) is 0. The lowest BCUT2D eigenvalue weighted by molar-refractivity contribution is 0.244. The van der Waals surface area contributed by atoms with E-state index in [9.17, 15) is 8.78 Å². The zero-order chi connectivity index (χ0) is 13.1. The molecule has 2 rings (SSSR count). The Morgan fingerprint density at radius 1 is 1.44 bits per heavy atom. The van der Waals surface area contributed by atoms with Crippen molar-refractivity contribution in [2.45, 2.75) is 19.3 Å². The highest BCUT2D eigenvalue weighted by atomic mass is 19.1. The van der Waals surface area contributed by atoms with E-state index in [1.54, 1.807) is 4.90 Å². The van der Waals surface area contributed by atoms with Crippen LogP contribution in [0.15, 0.2) is 6.07 Å². The predicted molar refractivity (Wildman–Crippen MR) is 65.2 cm³/mol. The van der Waals surface area contributed by atoms with Crippen molar-refractivity contribution in [2.75, 3.05) is 30.3 Å². The average Bonchev–Trinajstić information content (AvgIpc) is 2.34. The highest BCUT2D eigenvalue weighted by Gasteiger charge is 2.23. The highest BCUT2D eigenvalue weighted by molar-refractivity contribution is 5.47. The molecule has 0 bridgehead atoms. The molecule has 18 heavy (non-hydrogen) atoms. The first-order valence-corrected chi connectivity index (χ1v) is 6.09. The van der Waals surface area contributed by atoms with Crippen molar-refractivity contribution < 1.29 is 13.9 Å². The van der Waals surface area contributed by atoms with Crippen LogP contribution in [0.2, 0.25) is 0 Å². The van der Waals surface area contributed by atoms with Crippen LogP contribution in [0.5, 0.6) is 0 Å². The Morgan fingerprint density at radius 2 is 2.22 bits per heavy atom. The minimum absolute atomic E-state index is 0.108. The molecule has 1 aliphatic heterocycles. The van der Waals surface area contributed by atoms with Crippen LogP contribution >= 0.6 is 0 Å². The summed E-state index contributed by atoms with van der Waals surface area (Å²) < 4.78 is 26.7. The topological polar surface area (TPSA) is 62.4 Å². The van der Waals surface area contributed by atoms with E-state index in [2.05, 4.69) is 4.98 Å². The second kappa shape index (κ2) is 5.48. The van der Waals surface area contributed by atoms with Crippen LogP contribution < -0.4 is 10.6 Å². The van der Waals surface area contributed by atoms with Crippen LogP contribution in [0, 0.1) is 17.6 Å². The lowest BCUT2D eigenvalue weighted by Gasteiger charge is -2.33. The number of aliphatic hydroxyl groups excluding tert-OH is 1. The van der Waals surface area contributed by atoms with Gasteiger partial charge in [0.15, 0.2) is 23.3 Å². The summed E-state index contributed by atoms with van der Waals surface area (Å²) in [5.41, 5.74) is 5.37. The van der Waals surface area contributed by atoms with E-state index in [0.29, 0.717) is 25.4 Å². The Labute approximate surface area is 104 Å². The highest BCUT2D eigenvalue weighted by Crippen LogP contribution is 2.27. The van der Waals surface area contributed by atoms with Gasteiger partial charge in [-0.05, 0) is 25.2 Å². The largest absolute Gasteiger partial charge is 0.396 e. The van der Waals surface area contributed by atoms with E-state index in [-0.39, 0.29) is 18.2 Å². The number of rotatable bonds is 3. The maximum Gasteiger partial charge on any atom is 0.168 e. The summed E-state index contributed by atoms with van der Waals surface area (Å²) in [4.78, 5) is 5.55. The molecule has 1 aliphatic rings. The molecule has 0 radical (unpaired) electrons. The van der Waals surface area contributed by atoms with Crippen molar-refractivity contribution in [1.29, 1.82) is 0 Å². The third-order valence-electron chi connectivity index (χ3n) is 3.29. The lowest BCUT2D eigenvalue weighted by Crippen LogP contribution is -2.37. The minimum Gasteiger partial charge on any atom is -0.396 e. The number of pyridine rings is 1. The summed E-state index contributed by atoms with van der Waals surface area (Å²) >= 11 is 0. The Hall–Kier alpha value is -1.43. The number of piperidine rings is 1. The fourth-order valence-electron chi connectivity index (χ4n) is 2.37. The number of hydrogen-bond acceptors (Lipinski definition) is 4. The van der Waals surface area contributed by atoms with Gasteiger partial charge < -0.3 is 15.7 Å². The summed E-state index contributed by atoms with van der Waals surface area (Å²) in [5, 5.41) is 8.93. The first-order valence-electron chi connectivity index (χ1n) is 6.09. The van der Waals surface area contributed by atoms with Crippen molar-refractivity contribution in [1.82, 2.24) is 4.98 Å². The third-order valence-corrected chi connectivity index (χ3v) is 3.29. The van der Waals surface area contributed by atoms with E-state index in [1.807, 2.05) is 0 Å². The molecular weight excluding hydrogens is 240 g/mol. The molecule has 2 heterocycles. The molecule has 1 saturated heterocycles. The van der Waals surface area contributed by atoms with Crippen LogP contribution in [0.25, 0.3) is 0 Å². The second-order valence-corrected chi connectivity index (χ2v) is 4.63. The Bertz CT molecular complexity index is 426. The van der Waals surface area contributed by atoms with Gasteiger partial charge in [-0.2, -0.15) is 0 Å². The van der Waals surface area contributed by atoms with Gasteiger partial charge in [0.25, 0.3) is 0 Å². The van der Waals surface area contributed by atoms with Gasteiger partial charge in [-0.3, -0.25) is 0 Å². The number of halogens is 2. The van der Waals surface area contributed by atoms with E-state index in [4.69, 9.17) is 10.8 Å². The van der Waals surface area contributed by atoms with Crippen LogP contribution in [0.3, 0.4) is 0 Å². The lowest BCUT2D eigenvalue weighted by atomic mass is 9.95. The molecule has 0 saturated carbocycles.